The maximum atomic E-state index is 14.0. The molecule has 2 amide bonds. The lowest BCUT2D eigenvalue weighted by atomic mass is 9.75. The fourth-order valence-corrected chi connectivity index (χ4v) is 5.71. The number of nitrogens with zero attached hydrogens (tertiary/aromatic N) is 1. The zero-order valence-corrected chi connectivity index (χ0v) is 17.0. The summed E-state index contributed by atoms with van der Waals surface area (Å²) in [6.07, 6.45) is 6.44. The Morgan fingerprint density at radius 3 is 2.71 bits per heavy atom. The van der Waals surface area contributed by atoms with Crippen LogP contribution in [0.15, 0.2) is 48.7 Å². The summed E-state index contributed by atoms with van der Waals surface area (Å²) in [7, 11) is 0. The Kier molecular flexibility index (Phi) is 4.79. The Morgan fingerprint density at radius 2 is 2.00 bits per heavy atom. The number of rotatable bonds is 3. The summed E-state index contributed by atoms with van der Waals surface area (Å²) < 4.78 is 41.5. The van der Waals surface area contributed by atoms with Gasteiger partial charge in [0.1, 0.15) is 5.82 Å². The van der Waals surface area contributed by atoms with E-state index in [4.69, 9.17) is 0 Å². The van der Waals surface area contributed by atoms with E-state index < -0.39 is 11.5 Å². The molecule has 4 nitrogen and oxygen atoms in total. The largest absolute Gasteiger partial charge is 0.336 e. The number of urea groups is 1. The van der Waals surface area contributed by atoms with Gasteiger partial charge in [-0.2, -0.15) is 0 Å². The van der Waals surface area contributed by atoms with Gasteiger partial charge in [0.25, 0.3) is 0 Å². The van der Waals surface area contributed by atoms with Gasteiger partial charge >= 0.3 is 6.03 Å². The monoisotopic (exact) mass is 427 g/mol. The molecule has 2 saturated carbocycles. The minimum absolute atomic E-state index is 0.0303. The van der Waals surface area contributed by atoms with E-state index in [9.17, 15) is 18.0 Å². The van der Waals surface area contributed by atoms with Crippen LogP contribution in [0.1, 0.15) is 31.4 Å². The number of hydrogen-bond donors (Lipinski definition) is 2. The van der Waals surface area contributed by atoms with Crippen molar-refractivity contribution in [1.82, 2.24) is 15.6 Å². The molecular formula is C24H24F3N3O. The molecule has 162 valence electrons. The first-order valence-electron chi connectivity index (χ1n) is 10.7. The highest BCUT2D eigenvalue weighted by molar-refractivity contribution is 5.78. The molecule has 0 radical (unpaired) electrons. The molecule has 31 heavy (non-hydrogen) atoms. The highest BCUT2D eigenvalue weighted by Crippen LogP contribution is 2.55. The first-order valence-corrected chi connectivity index (χ1v) is 10.7. The summed E-state index contributed by atoms with van der Waals surface area (Å²) in [5.74, 6) is -2.94. The quantitative estimate of drug-likeness (QED) is 0.722. The molecule has 5 rings (SSSR count). The molecule has 2 aromatic rings. The van der Waals surface area contributed by atoms with Gasteiger partial charge in [0.15, 0.2) is 0 Å². The van der Waals surface area contributed by atoms with E-state index in [0.717, 1.165) is 16.8 Å². The van der Waals surface area contributed by atoms with Gasteiger partial charge in [-0.25, -0.2) is 18.0 Å². The Bertz CT molecular complexity index is 1020. The van der Waals surface area contributed by atoms with Crippen LogP contribution in [0.5, 0.6) is 0 Å². The lowest BCUT2D eigenvalue weighted by Crippen LogP contribution is -2.47. The second kappa shape index (κ2) is 7.39. The Balaban J connectivity index is 1.39. The summed E-state index contributed by atoms with van der Waals surface area (Å²) in [4.78, 5) is 16.4. The predicted octanol–water partition coefficient (Wildman–Crippen LogP) is 5.02. The van der Waals surface area contributed by atoms with Gasteiger partial charge in [-0.1, -0.05) is 24.3 Å². The van der Waals surface area contributed by atoms with Crippen molar-refractivity contribution in [2.24, 2.45) is 17.8 Å². The average Bonchev–Trinajstić information content (AvgIpc) is 3.24. The van der Waals surface area contributed by atoms with Crippen LogP contribution in [-0.4, -0.2) is 29.0 Å². The van der Waals surface area contributed by atoms with Crippen molar-refractivity contribution in [2.75, 3.05) is 6.54 Å². The van der Waals surface area contributed by atoms with Crippen LogP contribution in [0.4, 0.5) is 18.0 Å². The zero-order valence-electron chi connectivity index (χ0n) is 17.0. The third-order valence-electron chi connectivity index (χ3n) is 7.08. The predicted molar refractivity (Wildman–Crippen MR) is 112 cm³/mol. The van der Waals surface area contributed by atoms with E-state index in [0.29, 0.717) is 19.4 Å². The number of benzene rings is 1. The minimum atomic E-state index is -2.62. The van der Waals surface area contributed by atoms with Crippen LogP contribution >= 0.6 is 0 Å². The van der Waals surface area contributed by atoms with Gasteiger partial charge in [0.05, 0.1) is 11.2 Å². The molecule has 1 spiro atoms. The van der Waals surface area contributed by atoms with Crippen molar-refractivity contribution in [3.63, 3.8) is 0 Å². The Labute approximate surface area is 179 Å². The first kappa shape index (κ1) is 20.1. The van der Waals surface area contributed by atoms with E-state index in [1.807, 2.05) is 30.4 Å². The first-order chi connectivity index (χ1) is 14.8. The molecule has 3 fully saturated rings. The van der Waals surface area contributed by atoms with Crippen LogP contribution in [0.3, 0.4) is 0 Å². The van der Waals surface area contributed by atoms with Crippen LogP contribution in [-0.2, 0) is 0 Å². The fourth-order valence-electron chi connectivity index (χ4n) is 5.71. The van der Waals surface area contributed by atoms with Gasteiger partial charge in [-0.05, 0) is 54.5 Å². The number of pyridine rings is 1. The van der Waals surface area contributed by atoms with E-state index >= 15 is 0 Å². The van der Waals surface area contributed by atoms with Crippen LogP contribution in [0.25, 0.3) is 17.2 Å². The number of aromatic nitrogens is 1. The Morgan fingerprint density at radius 1 is 1.13 bits per heavy atom. The van der Waals surface area contributed by atoms with Crippen molar-refractivity contribution >= 4 is 12.1 Å². The summed E-state index contributed by atoms with van der Waals surface area (Å²) >= 11 is 0. The van der Waals surface area contributed by atoms with Crippen molar-refractivity contribution < 1.29 is 18.0 Å². The van der Waals surface area contributed by atoms with Gasteiger partial charge < -0.3 is 10.6 Å². The van der Waals surface area contributed by atoms with E-state index in [1.54, 1.807) is 12.3 Å². The van der Waals surface area contributed by atoms with Crippen molar-refractivity contribution in [1.29, 1.82) is 0 Å². The summed E-state index contributed by atoms with van der Waals surface area (Å²) in [6, 6.07) is 9.85. The number of carbonyl (C=O) groups excluding carboxylic acids is 1. The van der Waals surface area contributed by atoms with Crippen molar-refractivity contribution in [3.05, 3.63) is 60.2 Å². The molecule has 2 heterocycles. The summed E-state index contributed by atoms with van der Waals surface area (Å²) in [5, 5.41) is 5.86. The molecule has 3 aliphatic rings. The smallest absolute Gasteiger partial charge is 0.315 e. The summed E-state index contributed by atoms with van der Waals surface area (Å²) in [6.45, 7) is 0.450. The molecule has 1 aromatic carbocycles. The van der Waals surface area contributed by atoms with E-state index in [1.165, 1.54) is 12.1 Å². The Hall–Kier alpha value is -2.83. The fraction of sp³-hybridized carbons (Fsp3) is 0.417. The second-order valence-corrected chi connectivity index (χ2v) is 9.06. The topological polar surface area (TPSA) is 54.0 Å². The van der Waals surface area contributed by atoms with Gasteiger partial charge in [-0.3, -0.25) is 4.98 Å². The number of amides is 2. The standard InChI is InChI=1S/C24H24F3N3O/c25-18-3-1-2-15(10-18)16-4-5-19(28-13-16)6-7-21-20-8-9-24(26,27)12-17(20)11-23(21)14-29-22(31)30-23/h1-7,10,13,17,20-21H,8-9,11-12,14H2,(H2,29,30,31)/b7-6+/t17-,20+,21-,23?/m0/s1. The summed E-state index contributed by atoms with van der Waals surface area (Å²) in [5.41, 5.74) is 1.78. The number of alkyl halides is 2. The maximum Gasteiger partial charge on any atom is 0.315 e. The molecule has 1 aliphatic heterocycles. The number of carbonyl (C=O) groups is 1. The third-order valence-corrected chi connectivity index (χ3v) is 7.08. The maximum absolute atomic E-state index is 14.0. The highest BCUT2D eigenvalue weighted by Gasteiger charge is 2.58. The zero-order chi connectivity index (χ0) is 21.6. The lowest BCUT2D eigenvalue weighted by molar-refractivity contribution is -0.0659. The van der Waals surface area contributed by atoms with Crippen LogP contribution in [0.2, 0.25) is 0 Å². The van der Waals surface area contributed by atoms with Crippen molar-refractivity contribution in [2.45, 2.75) is 37.1 Å². The average molecular weight is 427 g/mol. The number of fused-ring (bicyclic) bond motifs is 1. The molecular weight excluding hydrogens is 403 g/mol. The van der Waals surface area contributed by atoms with Crippen LogP contribution in [0, 0.1) is 23.6 Å². The molecule has 0 bridgehead atoms. The molecule has 4 atom stereocenters. The molecule has 2 N–H and O–H groups in total. The van der Waals surface area contributed by atoms with Gasteiger partial charge in [0.2, 0.25) is 5.92 Å². The SMILES string of the molecule is O=C1NCC2(C[C@H]3CC(F)(F)CC[C@H]3[C@@H]2/C=C/c2ccc(-c3cccc(F)c3)cn2)N1. The number of hydrogen-bond acceptors (Lipinski definition) is 2. The van der Waals surface area contributed by atoms with E-state index in [-0.39, 0.29) is 42.4 Å². The molecule has 1 unspecified atom stereocenters. The molecule has 1 saturated heterocycles. The second-order valence-electron chi connectivity index (χ2n) is 9.06. The van der Waals surface area contributed by atoms with E-state index in [2.05, 4.69) is 15.6 Å². The van der Waals surface area contributed by atoms with Gasteiger partial charge in [0, 0.05) is 37.1 Å². The normalized spacial score (nSPS) is 31.6. The highest BCUT2D eigenvalue weighted by atomic mass is 19.3. The third kappa shape index (κ3) is 3.82. The molecule has 2 aliphatic carbocycles. The van der Waals surface area contributed by atoms with Crippen LogP contribution < -0.4 is 10.6 Å². The van der Waals surface area contributed by atoms with Crippen molar-refractivity contribution in [3.8, 4) is 11.1 Å². The minimum Gasteiger partial charge on any atom is -0.336 e. The molecule has 1 aromatic heterocycles. The number of halogens is 3. The lowest BCUT2D eigenvalue weighted by Gasteiger charge is -2.34. The van der Waals surface area contributed by atoms with Gasteiger partial charge in [-0.15, -0.1) is 0 Å². The molecule has 7 heteroatoms. The number of nitrogens with one attached hydrogen (secondary N) is 2.